The predicted molar refractivity (Wildman–Crippen MR) is 64.6 cm³/mol. The van der Waals surface area contributed by atoms with Crippen molar-refractivity contribution in [1.29, 1.82) is 0 Å². The number of aromatic nitrogens is 1. The normalized spacial score (nSPS) is 27.1. The van der Waals surface area contributed by atoms with Gasteiger partial charge in [0.15, 0.2) is 0 Å². The number of amides is 1. The summed E-state index contributed by atoms with van der Waals surface area (Å²) in [4.78, 5) is 15.8. The van der Waals surface area contributed by atoms with Gasteiger partial charge in [-0.25, -0.2) is 0 Å². The van der Waals surface area contributed by atoms with Gasteiger partial charge in [0.1, 0.15) is 0 Å². The first-order chi connectivity index (χ1) is 8.30. The van der Waals surface area contributed by atoms with E-state index < -0.39 is 0 Å². The molecular formula is C13H17N3O. The lowest BCUT2D eigenvalue weighted by molar-refractivity contribution is -0.119. The van der Waals surface area contributed by atoms with E-state index in [2.05, 4.69) is 15.6 Å². The Kier molecular flexibility index (Phi) is 2.59. The molecule has 4 heteroatoms. The van der Waals surface area contributed by atoms with Crippen molar-refractivity contribution < 1.29 is 4.79 Å². The standard InChI is InChI=1S/C13H17N3O/c17-12-9-11(10-1-5-14-6-2-10)13(16-12)3-7-15-8-4-13/h1-2,5-6,11,15H,3-4,7-9H2,(H,16,17)/t11-/m0/s1. The highest BCUT2D eigenvalue weighted by Gasteiger charge is 2.47. The molecule has 4 nitrogen and oxygen atoms in total. The van der Waals surface area contributed by atoms with E-state index in [9.17, 15) is 4.79 Å². The zero-order chi connectivity index (χ0) is 11.7. The fourth-order valence-electron chi connectivity index (χ4n) is 3.18. The second-order valence-electron chi connectivity index (χ2n) is 4.99. The number of nitrogens with zero attached hydrogens (tertiary/aromatic N) is 1. The van der Waals surface area contributed by atoms with Crippen molar-refractivity contribution in [2.45, 2.75) is 30.7 Å². The Balaban J connectivity index is 1.94. The highest BCUT2D eigenvalue weighted by atomic mass is 16.2. The minimum Gasteiger partial charge on any atom is -0.350 e. The van der Waals surface area contributed by atoms with Crippen LogP contribution < -0.4 is 10.6 Å². The lowest BCUT2D eigenvalue weighted by atomic mass is 9.75. The third-order valence-corrected chi connectivity index (χ3v) is 4.05. The number of hydrogen-bond acceptors (Lipinski definition) is 3. The van der Waals surface area contributed by atoms with Crippen LogP contribution in [0, 0.1) is 0 Å². The molecule has 17 heavy (non-hydrogen) atoms. The number of carbonyl (C=O) groups excluding carboxylic acids is 1. The first-order valence-electron chi connectivity index (χ1n) is 6.22. The molecule has 3 heterocycles. The van der Waals surface area contributed by atoms with Gasteiger partial charge in [-0.15, -0.1) is 0 Å². The summed E-state index contributed by atoms with van der Waals surface area (Å²) in [7, 11) is 0. The van der Waals surface area contributed by atoms with Gasteiger partial charge in [0, 0.05) is 30.3 Å². The van der Waals surface area contributed by atoms with Gasteiger partial charge in [0.25, 0.3) is 0 Å². The number of hydrogen-bond donors (Lipinski definition) is 2. The highest BCUT2D eigenvalue weighted by Crippen LogP contribution is 2.41. The molecule has 0 unspecified atom stereocenters. The van der Waals surface area contributed by atoms with E-state index in [1.54, 1.807) is 0 Å². The molecule has 1 aromatic rings. The summed E-state index contributed by atoms with van der Waals surface area (Å²) in [5.41, 5.74) is 1.21. The van der Waals surface area contributed by atoms with Gasteiger partial charge in [-0.3, -0.25) is 9.78 Å². The Morgan fingerprint density at radius 2 is 1.94 bits per heavy atom. The molecule has 1 atom stereocenters. The van der Waals surface area contributed by atoms with Crippen LogP contribution in [0.3, 0.4) is 0 Å². The van der Waals surface area contributed by atoms with Gasteiger partial charge in [-0.1, -0.05) is 0 Å². The Morgan fingerprint density at radius 3 is 2.65 bits per heavy atom. The summed E-state index contributed by atoms with van der Waals surface area (Å²) in [5.74, 6) is 0.494. The molecule has 0 radical (unpaired) electrons. The number of carbonyl (C=O) groups is 1. The second-order valence-corrected chi connectivity index (χ2v) is 4.99. The van der Waals surface area contributed by atoms with Crippen LogP contribution in [0.2, 0.25) is 0 Å². The highest BCUT2D eigenvalue weighted by molar-refractivity contribution is 5.81. The van der Waals surface area contributed by atoms with Crippen LogP contribution in [0.15, 0.2) is 24.5 Å². The summed E-state index contributed by atoms with van der Waals surface area (Å²) in [6, 6.07) is 4.07. The molecule has 0 aromatic carbocycles. The third-order valence-electron chi connectivity index (χ3n) is 4.05. The average Bonchev–Trinajstić information content (AvgIpc) is 2.68. The quantitative estimate of drug-likeness (QED) is 0.752. The smallest absolute Gasteiger partial charge is 0.221 e. The van der Waals surface area contributed by atoms with Gasteiger partial charge >= 0.3 is 0 Å². The van der Waals surface area contributed by atoms with Crippen LogP contribution in [-0.4, -0.2) is 29.5 Å². The van der Waals surface area contributed by atoms with Crippen molar-refractivity contribution in [2.75, 3.05) is 13.1 Å². The molecule has 3 rings (SSSR count). The summed E-state index contributed by atoms with van der Waals surface area (Å²) < 4.78 is 0. The molecule has 0 bridgehead atoms. The number of piperidine rings is 1. The molecule has 1 amide bonds. The molecule has 90 valence electrons. The van der Waals surface area contributed by atoms with Crippen molar-refractivity contribution in [3.8, 4) is 0 Å². The molecule has 2 saturated heterocycles. The van der Waals surface area contributed by atoms with Gasteiger partial charge in [-0.2, -0.15) is 0 Å². The van der Waals surface area contributed by atoms with Crippen LogP contribution in [0.4, 0.5) is 0 Å². The van der Waals surface area contributed by atoms with Gasteiger partial charge in [0.2, 0.25) is 5.91 Å². The lowest BCUT2D eigenvalue weighted by Gasteiger charge is -2.39. The van der Waals surface area contributed by atoms with Crippen LogP contribution in [0.25, 0.3) is 0 Å². The third kappa shape index (κ3) is 1.82. The molecule has 1 aromatic heterocycles. The number of rotatable bonds is 1. The van der Waals surface area contributed by atoms with Crippen LogP contribution in [0.1, 0.15) is 30.7 Å². The molecule has 2 aliphatic rings. The van der Waals surface area contributed by atoms with E-state index >= 15 is 0 Å². The van der Waals surface area contributed by atoms with E-state index in [0.717, 1.165) is 25.9 Å². The van der Waals surface area contributed by atoms with Crippen molar-refractivity contribution in [3.05, 3.63) is 30.1 Å². The second kappa shape index (κ2) is 4.11. The number of nitrogens with one attached hydrogen (secondary N) is 2. The lowest BCUT2D eigenvalue weighted by Crippen LogP contribution is -2.52. The Hall–Kier alpha value is -1.42. The van der Waals surface area contributed by atoms with Gasteiger partial charge in [0.05, 0.1) is 0 Å². The van der Waals surface area contributed by atoms with E-state index in [1.807, 2.05) is 24.5 Å². The molecule has 0 aliphatic carbocycles. The summed E-state index contributed by atoms with van der Waals surface area (Å²) in [6.07, 6.45) is 6.28. The number of pyridine rings is 1. The van der Waals surface area contributed by atoms with E-state index in [0.29, 0.717) is 12.3 Å². The summed E-state index contributed by atoms with van der Waals surface area (Å²) in [5, 5.41) is 6.58. The van der Waals surface area contributed by atoms with Gasteiger partial charge < -0.3 is 10.6 Å². The van der Waals surface area contributed by atoms with Crippen molar-refractivity contribution in [3.63, 3.8) is 0 Å². The van der Waals surface area contributed by atoms with E-state index in [-0.39, 0.29) is 11.4 Å². The first kappa shape index (κ1) is 10.7. The predicted octanol–water partition coefficient (Wildman–Crippen LogP) is 0.807. The Labute approximate surface area is 101 Å². The Bertz CT molecular complexity index is 412. The zero-order valence-corrected chi connectivity index (χ0v) is 9.78. The largest absolute Gasteiger partial charge is 0.350 e. The van der Waals surface area contributed by atoms with Crippen LogP contribution in [0.5, 0.6) is 0 Å². The Morgan fingerprint density at radius 1 is 1.24 bits per heavy atom. The first-order valence-corrected chi connectivity index (χ1v) is 6.22. The fourth-order valence-corrected chi connectivity index (χ4v) is 3.18. The zero-order valence-electron chi connectivity index (χ0n) is 9.78. The molecule has 2 N–H and O–H groups in total. The molecule has 2 aliphatic heterocycles. The molecular weight excluding hydrogens is 214 g/mol. The molecule has 2 fully saturated rings. The molecule has 0 saturated carbocycles. The van der Waals surface area contributed by atoms with Crippen molar-refractivity contribution in [2.24, 2.45) is 0 Å². The minimum atomic E-state index is -0.0241. The van der Waals surface area contributed by atoms with Crippen LogP contribution in [-0.2, 0) is 4.79 Å². The summed E-state index contributed by atoms with van der Waals surface area (Å²) >= 11 is 0. The minimum absolute atomic E-state index is 0.0241. The molecule has 1 spiro atoms. The maximum Gasteiger partial charge on any atom is 0.221 e. The maximum absolute atomic E-state index is 11.8. The van der Waals surface area contributed by atoms with Gasteiger partial charge in [-0.05, 0) is 43.6 Å². The van der Waals surface area contributed by atoms with Crippen LogP contribution >= 0.6 is 0 Å². The summed E-state index contributed by atoms with van der Waals surface area (Å²) in [6.45, 7) is 1.98. The SMILES string of the molecule is O=C1C[C@@H](c2ccncc2)C2(CCNCC2)N1. The monoisotopic (exact) mass is 231 g/mol. The maximum atomic E-state index is 11.8. The fraction of sp³-hybridized carbons (Fsp3) is 0.538. The van der Waals surface area contributed by atoms with Crippen molar-refractivity contribution >= 4 is 5.91 Å². The van der Waals surface area contributed by atoms with E-state index in [4.69, 9.17) is 0 Å². The van der Waals surface area contributed by atoms with E-state index in [1.165, 1.54) is 5.56 Å². The van der Waals surface area contributed by atoms with Crippen molar-refractivity contribution in [1.82, 2.24) is 15.6 Å². The topological polar surface area (TPSA) is 54.0 Å². The average molecular weight is 231 g/mol.